The van der Waals surface area contributed by atoms with Crippen LogP contribution in [-0.2, 0) is 17.8 Å². The number of aryl methyl sites for hydroxylation is 1. The molecule has 28 heavy (non-hydrogen) atoms. The van der Waals surface area contributed by atoms with Crippen molar-refractivity contribution in [2.45, 2.75) is 58.0 Å². The Hall–Kier alpha value is -1.80. The molecule has 3 aliphatic rings. The van der Waals surface area contributed by atoms with Gasteiger partial charge in [-0.3, -0.25) is 4.79 Å². The van der Waals surface area contributed by atoms with Crippen molar-refractivity contribution in [2.24, 2.45) is 17.3 Å². The van der Waals surface area contributed by atoms with Crippen LogP contribution in [-0.4, -0.2) is 5.78 Å². The third-order valence-corrected chi connectivity index (χ3v) is 7.98. The molecule has 2 saturated carbocycles. The van der Waals surface area contributed by atoms with Crippen LogP contribution in [0.15, 0.2) is 42.5 Å². The van der Waals surface area contributed by atoms with Gasteiger partial charge in [-0.05, 0) is 90.8 Å². The summed E-state index contributed by atoms with van der Waals surface area (Å²) in [6, 6.07) is 14.5. The second-order valence-electron chi connectivity index (χ2n) is 9.11. The first-order valence-electron chi connectivity index (χ1n) is 10.6. The van der Waals surface area contributed by atoms with Crippen molar-refractivity contribution in [2.75, 3.05) is 0 Å². The van der Waals surface area contributed by atoms with Gasteiger partial charge < -0.3 is 4.74 Å². The third kappa shape index (κ3) is 2.97. The number of hydrogen-bond acceptors (Lipinski definition) is 2. The van der Waals surface area contributed by atoms with Gasteiger partial charge in [-0.1, -0.05) is 36.7 Å². The van der Waals surface area contributed by atoms with Gasteiger partial charge in [0.15, 0.2) is 0 Å². The van der Waals surface area contributed by atoms with E-state index in [-0.39, 0.29) is 5.41 Å². The van der Waals surface area contributed by atoms with E-state index in [9.17, 15) is 4.79 Å². The lowest BCUT2D eigenvalue weighted by Crippen LogP contribution is -2.42. The van der Waals surface area contributed by atoms with Crippen LogP contribution in [0.2, 0.25) is 5.02 Å². The number of rotatable bonds is 3. The standard InChI is InChI=1S/C25H27ClO2/c1-25-13-12-21-20-9-7-19(28-15-16-2-5-18(26)6-3-16)14-17(20)4-8-22(21)23(25)10-11-24(25)27/h2-3,5-7,9,14,21-23H,4,8,10-13,15H2,1H3/t21-,22-,23+,25+/m1/s1. The number of hydrogen-bond donors (Lipinski definition) is 0. The van der Waals surface area contributed by atoms with Gasteiger partial charge in [-0.2, -0.15) is 0 Å². The Morgan fingerprint density at radius 1 is 1.07 bits per heavy atom. The molecule has 0 amide bonds. The maximum atomic E-state index is 12.5. The van der Waals surface area contributed by atoms with Gasteiger partial charge in [0.05, 0.1) is 0 Å². The summed E-state index contributed by atoms with van der Waals surface area (Å²) in [4.78, 5) is 12.5. The van der Waals surface area contributed by atoms with Crippen molar-refractivity contribution in [3.63, 3.8) is 0 Å². The predicted octanol–water partition coefficient (Wildman–Crippen LogP) is 6.34. The first kappa shape index (κ1) is 18.2. The van der Waals surface area contributed by atoms with Crippen molar-refractivity contribution in [3.05, 3.63) is 64.2 Å². The number of ketones is 1. The highest BCUT2D eigenvalue weighted by atomic mass is 35.5. The van der Waals surface area contributed by atoms with Crippen LogP contribution >= 0.6 is 11.6 Å². The number of carbonyl (C=O) groups excluding carboxylic acids is 1. The molecule has 0 unspecified atom stereocenters. The van der Waals surface area contributed by atoms with E-state index >= 15 is 0 Å². The molecule has 3 heteroatoms. The Balaban J connectivity index is 1.33. The largest absolute Gasteiger partial charge is 0.489 e. The molecule has 3 aliphatic carbocycles. The van der Waals surface area contributed by atoms with Crippen LogP contribution in [0, 0.1) is 17.3 Å². The zero-order valence-corrected chi connectivity index (χ0v) is 17.2. The molecule has 2 aromatic rings. The van der Waals surface area contributed by atoms with E-state index < -0.39 is 0 Å². The average molecular weight is 395 g/mol. The topological polar surface area (TPSA) is 26.3 Å². The normalized spacial score (nSPS) is 31.1. The summed E-state index contributed by atoms with van der Waals surface area (Å²) in [5.41, 5.74) is 4.04. The third-order valence-electron chi connectivity index (χ3n) is 7.73. The summed E-state index contributed by atoms with van der Waals surface area (Å²) in [5, 5.41) is 0.750. The second kappa shape index (κ2) is 6.91. The Kier molecular flexibility index (Phi) is 4.50. The molecule has 2 fully saturated rings. The first-order valence-corrected chi connectivity index (χ1v) is 11.0. The lowest BCUT2D eigenvalue weighted by Gasteiger charge is -2.48. The molecule has 0 spiro atoms. The summed E-state index contributed by atoms with van der Waals surface area (Å²) in [6.45, 7) is 2.80. The molecule has 0 radical (unpaired) electrons. The molecule has 0 aliphatic heterocycles. The Labute approximate surface area is 172 Å². The van der Waals surface area contributed by atoms with Crippen LogP contribution in [0.4, 0.5) is 0 Å². The first-order chi connectivity index (χ1) is 13.5. The zero-order chi connectivity index (χ0) is 19.3. The quantitative estimate of drug-likeness (QED) is 0.606. The number of Topliss-reactive ketones (excluding diaryl/α,β-unsaturated/α-hetero) is 1. The highest BCUT2D eigenvalue weighted by Crippen LogP contribution is 2.59. The maximum absolute atomic E-state index is 12.5. The Bertz CT molecular complexity index is 903. The predicted molar refractivity (Wildman–Crippen MR) is 112 cm³/mol. The fourth-order valence-electron chi connectivity index (χ4n) is 6.17. The molecular weight excluding hydrogens is 368 g/mol. The lowest BCUT2D eigenvalue weighted by atomic mass is 9.55. The van der Waals surface area contributed by atoms with Gasteiger partial charge >= 0.3 is 0 Å². The zero-order valence-electron chi connectivity index (χ0n) is 16.4. The highest BCUT2D eigenvalue weighted by molar-refractivity contribution is 6.30. The molecule has 5 rings (SSSR count). The van der Waals surface area contributed by atoms with Gasteiger partial charge in [0, 0.05) is 16.9 Å². The van der Waals surface area contributed by atoms with Gasteiger partial charge in [0.2, 0.25) is 0 Å². The molecule has 0 saturated heterocycles. The number of ether oxygens (including phenoxy) is 1. The van der Waals surface area contributed by atoms with Gasteiger partial charge in [0.1, 0.15) is 18.1 Å². The van der Waals surface area contributed by atoms with Crippen molar-refractivity contribution >= 4 is 17.4 Å². The van der Waals surface area contributed by atoms with Crippen molar-refractivity contribution in [3.8, 4) is 5.75 Å². The van der Waals surface area contributed by atoms with E-state index in [0.717, 1.165) is 48.4 Å². The fraction of sp³-hybridized carbons (Fsp3) is 0.480. The van der Waals surface area contributed by atoms with Crippen LogP contribution in [0.3, 0.4) is 0 Å². The average Bonchev–Trinajstić information content (AvgIpc) is 3.02. The number of carbonyl (C=O) groups is 1. The SMILES string of the molecule is C[C@]12CC[C@@H]3c4ccc(OCc5ccc(Cl)cc5)cc4CC[C@H]3[C@@H]1CCC2=O. The number of fused-ring (bicyclic) bond motifs is 5. The Morgan fingerprint density at radius 2 is 1.89 bits per heavy atom. The Morgan fingerprint density at radius 3 is 2.71 bits per heavy atom. The van der Waals surface area contributed by atoms with Crippen molar-refractivity contribution in [1.29, 1.82) is 0 Å². The summed E-state index contributed by atoms with van der Waals surface area (Å²) < 4.78 is 6.05. The van der Waals surface area contributed by atoms with E-state index in [1.807, 2.05) is 24.3 Å². The molecule has 0 bridgehead atoms. The molecule has 2 nitrogen and oxygen atoms in total. The molecule has 0 aromatic heterocycles. The van der Waals surface area contributed by atoms with E-state index in [0.29, 0.717) is 30.1 Å². The molecule has 4 atom stereocenters. The van der Waals surface area contributed by atoms with Gasteiger partial charge in [-0.25, -0.2) is 0 Å². The van der Waals surface area contributed by atoms with Crippen molar-refractivity contribution in [1.82, 2.24) is 0 Å². The summed E-state index contributed by atoms with van der Waals surface area (Å²) in [5.74, 6) is 3.36. The minimum Gasteiger partial charge on any atom is -0.489 e. The second-order valence-corrected chi connectivity index (χ2v) is 9.55. The minimum atomic E-state index is -0.0414. The summed E-state index contributed by atoms with van der Waals surface area (Å²) in [7, 11) is 0. The lowest BCUT2D eigenvalue weighted by molar-refractivity contribution is -0.129. The molecule has 2 aromatic carbocycles. The smallest absolute Gasteiger partial charge is 0.139 e. The maximum Gasteiger partial charge on any atom is 0.139 e. The van der Waals surface area contributed by atoms with E-state index in [1.54, 1.807) is 0 Å². The van der Waals surface area contributed by atoms with E-state index in [2.05, 4.69) is 25.1 Å². The van der Waals surface area contributed by atoms with Gasteiger partial charge in [0.25, 0.3) is 0 Å². The van der Waals surface area contributed by atoms with Crippen molar-refractivity contribution < 1.29 is 9.53 Å². The summed E-state index contributed by atoms with van der Waals surface area (Å²) in [6.07, 6.45) is 6.44. The van der Waals surface area contributed by atoms with Crippen LogP contribution in [0.5, 0.6) is 5.75 Å². The van der Waals surface area contributed by atoms with Gasteiger partial charge in [-0.15, -0.1) is 0 Å². The van der Waals surface area contributed by atoms with E-state index in [1.165, 1.54) is 17.5 Å². The highest BCUT2D eigenvalue weighted by Gasteiger charge is 2.54. The molecular formula is C25H27ClO2. The van der Waals surface area contributed by atoms with Crippen LogP contribution in [0.1, 0.15) is 61.6 Å². The number of benzene rings is 2. The van der Waals surface area contributed by atoms with E-state index in [4.69, 9.17) is 16.3 Å². The minimum absolute atomic E-state index is 0.0414. The molecule has 146 valence electrons. The van der Waals surface area contributed by atoms with Crippen LogP contribution in [0.25, 0.3) is 0 Å². The summed E-state index contributed by atoms with van der Waals surface area (Å²) >= 11 is 5.95. The monoisotopic (exact) mass is 394 g/mol. The van der Waals surface area contributed by atoms with Crippen LogP contribution < -0.4 is 4.74 Å². The number of halogens is 1. The molecule has 0 N–H and O–H groups in total. The fourth-order valence-corrected chi connectivity index (χ4v) is 6.29. The molecule has 0 heterocycles.